The van der Waals surface area contributed by atoms with Crippen LogP contribution < -0.4 is 5.32 Å². The van der Waals surface area contributed by atoms with Crippen LogP contribution in [0.2, 0.25) is 0 Å². The van der Waals surface area contributed by atoms with Crippen molar-refractivity contribution in [3.05, 3.63) is 0 Å². The van der Waals surface area contributed by atoms with Gasteiger partial charge in [0.2, 0.25) is 0 Å². The monoisotopic (exact) mass is 189 g/mol. The molecule has 0 rings (SSSR count). The molecule has 1 N–H and O–H groups in total. The lowest BCUT2D eigenvalue weighted by Crippen LogP contribution is -2.33. The van der Waals surface area contributed by atoms with Crippen molar-refractivity contribution in [3.8, 4) is 0 Å². The molecule has 0 spiro atoms. The molecule has 0 saturated carbocycles. The first kappa shape index (κ1) is 12.9. The molecule has 0 aliphatic heterocycles. The molecule has 0 fully saturated rings. The fourth-order valence-electron chi connectivity index (χ4n) is 1.20. The standard InChI is InChI=1S/C10H23NO2/c1-4-10(9-13-3)11-7-5-6-8-12-2/h10-11H,4-9H2,1-3H3. The van der Waals surface area contributed by atoms with Crippen LogP contribution in [0.5, 0.6) is 0 Å². The number of unbranched alkanes of at least 4 members (excludes halogenated alkanes) is 1. The summed E-state index contributed by atoms with van der Waals surface area (Å²) in [5.74, 6) is 0. The first-order chi connectivity index (χ1) is 6.35. The average Bonchev–Trinajstić information content (AvgIpc) is 2.16. The zero-order valence-corrected chi connectivity index (χ0v) is 9.14. The van der Waals surface area contributed by atoms with Crippen LogP contribution in [0.1, 0.15) is 26.2 Å². The molecule has 0 amide bonds. The molecule has 0 aromatic rings. The number of nitrogens with one attached hydrogen (secondary N) is 1. The summed E-state index contributed by atoms with van der Waals surface area (Å²) in [7, 11) is 3.49. The van der Waals surface area contributed by atoms with Crippen LogP contribution in [0.3, 0.4) is 0 Å². The third-order valence-corrected chi connectivity index (χ3v) is 2.07. The zero-order chi connectivity index (χ0) is 9.94. The molecule has 3 heteroatoms. The predicted molar refractivity (Wildman–Crippen MR) is 55.1 cm³/mol. The van der Waals surface area contributed by atoms with Gasteiger partial charge < -0.3 is 14.8 Å². The third-order valence-electron chi connectivity index (χ3n) is 2.07. The van der Waals surface area contributed by atoms with Gasteiger partial charge in [-0.2, -0.15) is 0 Å². The Morgan fingerprint density at radius 2 is 1.92 bits per heavy atom. The molecule has 0 aromatic heterocycles. The minimum Gasteiger partial charge on any atom is -0.385 e. The highest BCUT2D eigenvalue weighted by Crippen LogP contribution is 1.93. The van der Waals surface area contributed by atoms with Crippen molar-refractivity contribution in [2.75, 3.05) is 34.0 Å². The van der Waals surface area contributed by atoms with Gasteiger partial charge in [0, 0.05) is 26.9 Å². The second kappa shape index (κ2) is 9.96. The maximum absolute atomic E-state index is 5.09. The summed E-state index contributed by atoms with van der Waals surface area (Å²) in [6.07, 6.45) is 3.43. The first-order valence-electron chi connectivity index (χ1n) is 5.06. The molecule has 3 nitrogen and oxygen atoms in total. The Labute approximate surface area is 81.8 Å². The maximum atomic E-state index is 5.09. The molecule has 1 atom stereocenters. The molecule has 0 bridgehead atoms. The van der Waals surface area contributed by atoms with Crippen molar-refractivity contribution >= 4 is 0 Å². The quantitative estimate of drug-likeness (QED) is 0.557. The number of rotatable bonds is 9. The smallest absolute Gasteiger partial charge is 0.0615 e. The van der Waals surface area contributed by atoms with E-state index >= 15 is 0 Å². The maximum Gasteiger partial charge on any atom is 0.0615 e. The van der Waals surface area contributed by atoms with Gasteiger partial charge in [0.25, 0.3) is 0 Å². The van der Waals surface area contributed by atoms with Crippen LogP contribution in [0.4, 0.5) is 0 Å². The Hall–Kier alpha value is -0.120. The van der Waals surface area contributed by atoms with Crippen molar-refractivity contribution in [2.24, 2.45) is 0 Å². The second-order valence-corrected chi connectivity index (χ2v) is 3.21. The van der Waals surface area contributed by atoms with Crippen LogP contribution in [0, 0.1) is 0 Å². The average molecular weight is 189 g/mol. The van der Waals surface area contributed by atoms with Crippen LogP contribution in [0.25, 0.3) is 0 Å². The fraction of sp³-hybridized carbons (Fsp3) is 1.00. The van der Waals surface area contributed by atoms with Gasteiger partial charge in [0.05, 0.1) is 6.61 Å². The van der Waals surface area contributed by atoms with Crippen LogP contribution in [-0.4, -0.2) is 40.0 Å². The minimum atomic E-state index is 0.507. The highest BCUT2D eigenvalue weighted by Gasteiger charge is 2.02. The van der Waals surface area contributed by atoms with Crippen molar-refractivity contribution in [2.45, 2.75) is 32.2 Å². The van der Waals surface area contributed by atoms with E-state index in [9.17, 15) is 0 Å². The lowest BCUT2D eigenvalue weighted by molar-refractivity contribution is 0.162. The van der Waals surface area contributed by atoms with E-state index in [4.69, 9.17) is 9.47 Å². The van der Waals surface area contributed by atoms with Crippen molar-refractivity contribution in [3.63, 3.8) is 0 Å². The second-order valence-electron chi connectivity index (χ2n) is 3.21. The number of hydrogen-bond acceptors (Lipinski definition) is 3. The molecule has 0 aliphatic carbocycles. The van der Waals surface area contributed by atoms with Gasteiger partial charge in [-0.1, -0.05) is 6.92 Å². The molecule has 13 heavy (non-hydrogen) atoms. The highest BCUT2D eigenvalue weighted by atomic mass is 16.5. The zero-order valence-electron chi connectivity index (χ0n) is 9.14. The van der Waals surface area contributed by atoms with Gasteiger partial charge in [-0.05, 0) is 25.8 Å². The van der Waals surface area contributed by atoms with Gasteiger partial charge in [-0.3, -0.25) is 0 Å². The molecule has 0 aliphatic rings. The van der Waals surface area contributed by atoms with Crippen LogP contribution in [0.15, 0.2) is 0 Å². The normalized spacial score (nSPS) is 13.2. The van der Waals surface area contributed by atoms with Gasteiger partial charge in [-0.15, -0.1) is 0 Å². The number of methoxy groups -OCH3 is 2. The largest absolute Gasteiger partial charge is 0.385 e. The van der Waals surface area contributed by atoms with Crippen LogP contribution in [-0.2, 0) is 9.47 Å². The number of ether oxygens (including phenoxy) is 2. The van der Waals surface area contributed by atoms with Crippen molar-refractivity contribution in [1.29, 1.82) is 0 Å². The first-order valence-corrected chi connectivity index (χ1v) is 5.06. The van der Waals surface area contributed by atoms with Gasteiger partial charge >= 0.3 is 0 Å². The Morgan fingerprint density at radius 1 is 1.15 bits per heavy atom. The molecule has 80 valence electrons. The molecule has 0 radical (unpaired) electrons. The van der Waals surface area contributed by atoms with E-state index in [-0.39, 0.29) is 0 Å². The van der Waals surface area contributed by atoms with Crippen molar-refractivity contribution in [1.82, 2.24) is 5.32 Å². The Bertz CT molecular complexity index is 98.9. The van der Waals surface area contributed by atoms with Gasteiger partial charge in [-0.25, -0.2) is 0 Å². The van der Waals surface area contributed by atoms with Crippen molar-refractivity contribution < 1.29 is 9.47 Å². The summed E-state index contributed by atoms with van der Waals surface area (Å²) in [6.45, 7) is 4.90. The molecule has 0 heterocycles. The van der Waals surface area contributed by atoms with Gasteiger partial charge in [0.15, 0.2) is 0 Å². The van der Waals surface area contributed by atoms with E-state index in [0.29, 0.717) is 6.04 Å². The predicted octanol–water partition coefficient (Wildman–Crippen LogP) is 1.43. The summed E-state index contributed by atoms with van der Waals surface area (Å²) < 4.78 is 10.1. The van der Waals surface area contributed by atoms with Crippen LogP contribution >= 0.6 is 0 Å². The Morgan fingerprint density at radius 3 is 2.46 bits per heavy atom. The minimum absolute atomic E-state index is 0.507. The molecular weight excluding hydrogens is 166 g/mol. The highest BCUT2D eigenvalue weighted by molar-refractivity contribution is 4.63. The molecule has 0 aromatic carbocycles. The Kier molecular flexibility index (Phi) is 9.87. The van der Waals surface area contributed by atoms with E-state index < -0.39 is 0 Å². The van der Waals surface area contributed by atoms with E-state index in [0.717, 1.165) is 32.6 Å². The van der Waals surface area contributed by atoms with E-state index in [2.05, 4.69) is 12.2 Å². The van der Waals surface area contributed by atoms with E-state index in [1.165, 1.54) is 6.42 Å². The summed E-state index contributed by atoms with van der Waals surface area (Å²) >= 11 is 0. The summed E-state index contributed by atoms with van der Waals surface area (Å²) in [6, 6.07) is 0.507. The molecule has 0 saturated heterocycles. The summed E-state index contributed by atoms with van der Waals surface area (Å²) in [4.78, 5) is 0. The topological polar surface area (TPSA) is 30.5 Å². The van der Waals surface area contributed by atoms with E-state index in [1.807, 2.05) is 0 Å². The molecule has 1 unspecified atom stereocenters. The van der Waals surface area contributed by atoms with E-state index in [1.54, 1.807) is 14.2 Å². The Balaban J connectivity index is 3.17. The summed E-state index contributed by atoms with van der Waals surface area (Å²) in [5, 5.41) is 3.45. The third kappa shape index (κ3) is 8.22. The summed E-state index contributed by atoms with van der Waals surface area (Å²) in [5.41, 5.74) is 0. The van der Waals surface area contributed by atoms with Gasteiger partial charge in [0.1, 0.15) is 0 Å². The fourth-order valence-corrected chi connectivity index (χ4v) is 1.20. The number of hydrogen-bond donors (Lipinski definition) is 1. The lowest BCUT2D eigenvalue weighted by atomic mass is 10.2. The SMILES string of the molecule is CCC(COC)NCCCCOC. The lowest BCUT2D eigenvalue weighted by Gasteiger charge is -2.15. The molecular formula is C10H23NO2.